The average molecular weight is 272 g/mol. The Bertz CT molecular complexity index is 389. The first kappa shape index (κ1) is 9.73. The second-order valence-corrected chi connectivity index (χ2v) is 5.52. The third-order valence-electron chi connectivity index (χ3n) is 2.03. The molecule has 0 atom stereocenters. The van der Waals surface area contributed by atoms with Gasteiger partial charge in [0.05, 0.1) is 8.66 Å². The van der Waals surface area contributed by atoms with Crippen LogP contribution in [0.1, 0.15) is 5.56 Å². The molecule has 0 aliphatic carbocycles. The van der Waals surface area contributed by atoms with Crippen LogP contribution in [0, 0.1) is 6.92 Å². The van der Waals surface area contributed by atoms with Crippen LogP contribution in [0.25, 0.3) is 10.6 Å². The number of aryl methyl sites for hydroxylation is 2. The maximum atomic E-state index is 5.72. The molecule has 3 nitrogen and oxygen atoms in total. The van der Waals surface area contributed by atoms with Gasteiger partial charge in [0.25, 0.3) is 0 Å². The van der Waals surface area contributed by atoms with Gasteiger partial charge in [-0.3, -0.25) is 4.68 Å². The smallest absolute Gasteiger partial charge is 0.121 e. The minimum absolute atomic E-state index is 0.683. The molecule has 0 amide bonds. The Morgan fingerprint density at radius 1 is 1.50 bits per heavy atom. The van der Waals surface area contributed by atoms with E-state index in [1.807, 2.05) is 13.1 Å². The largest absolute Gasteiger partial charge is 0.384 e. The van der Waals surface area contributed by atoms with E-state index in [4.69, 9.17) is 5.73 Å². The number of anilines is 1. The van der Waals surface area contributed by atoms with E-state index in [1.165, 1.54) is 5.56 Å². The highest BCUT2D eigenvalue weighted by Crippen LogP contribution is 2.34. The van der Waals surface area contributed by atoms with Gasteiger partial charge in [0.1, 0.15) is 11.5 Å². The molecule has 5 heteroatoms. The number of nitrogens with two attached hydrogens (primary N) is 1. The molecule has 2 aromatic rings. The molecule has 0 saturated heterocycles. The van der Waals surface area contributed by atoms with Gasteiger partial charge in [-0.05, 0) is 34.5 Å². The van der Waals surface area contributed by atoms with Crippen molar-refractivity contribution in [1.29, 1.82) is 0 Å². The molecule has 0 aliphatic rings. The van der Waals surface area contributed by atoms with Gasteiger partial charge in [-0.25, -0.2) is 0 Å². The molecule has 74 valence electrons. The van der Waals surface area contributed by atoms with Crippen molar-refractivity contribution in [2.24, 2.45) is 7.05 Å². The van der Waals surface area contributed by atoms with Gasteiger partial charge >= 0.3 is 0 Å². The Labute approximate surface area is 94.7 Å². The van der Waals surface area contributed by atoms with Crippen LogP contribution in [0.2, 0.25) is 0 Å². The van der Waals surface area contributed by atoms with E-state index in [-0.39, 0.29) is 0 Å². The average Bonchev–Trinajstić information content (AvgIpc) is 2.60. The zero-order valence-electron chi connectivity index (χ0n) is 7.91. The molecule has 2 rings (SSSR count). The van der Waals surface area contributed by atoms with Crippen LogP contribution in [-0.2, 0) is 7.05 Å². The molecular weight excluding hydrogens is 262 g/mol. The molecule has 0 fully saturated rings. The van der Waals surface area contributed by atoms with Gasteiger partial charge in [-0.1, -0.05) is 0 Å². The number of halogens is 1. The van der Waals surface area contributed by atoms with Crippen LogP contribution < -0.4 is 5.73 Å². The summed E-state index contributed by atoms with van der Waals surface area (Å²) in [6.45, 7) is 2.07. The summed E-state index contributed by atoms with van der Waals surface area (Å²) in [4.78, 5) is 1.14. The predicted molar refractivity (Wildman–Crippen MR) is 63.4 cm³/mol. The number of rotatable bonds is 1. The number of nitrogen functional groups attached to an aromatic ring is 1. The van der Waals surface area contributed by atoms with Crippen LogP contribution in [0.15, 0.2) is 15.9 Å². The fourth-order valence-electron chi connectivity index (χ4n) is 1.19. The maximum absolute atomic E-state index is 5.72. The standard InChI is InChI=1S/C9H10BrN3S/c1-5-3-7(14-9(5)10)6-4-8(11)13(2)12-6/h3-4H,11H2,1-2H3. The van der Waals surface area contributed by atoms with Crippen molar-refractivity contribution < 1.29 is 0 Å². The zero-order chi connectivity index (χ0) is 10.3. The summed E-state index contributed by atoms with van der Waals surface area (Å²) >= 11 is 5.17. The second kappa shape index (κ2) is 3.40. The van der Waals surface area contributed by atoms with E-state index >= 15 is 0 Å². The molecule has 0 spiro atoms. The normalized spacial score (nSPS) is 10.8. The van der Waals surface area contributed by atoms with E-state index in [0.29, 0.717) is 5.82 Å². The van der Waals surface area contributed by atoms with E-state index in [2.05, 4.69) is 34.0 Å². The SMILES string of the molecule is Cc1cc(-c2cc(N)n(C)n2)sc1Br. The predicted octanol–water partition coefficient (Wildman–Crippen LogP) is 2.80. The third kappa shape index (κ3) is 1.57. The Hall–Kier alpha value is -0.810. The summed E-state index contributed by atoms with van der Waals surface area (Å²) < 4.78 is 2.83. The van der Waals surface area contributed by atoms with Crippen molar-refractivity contribution in [3.63, 3.8) is 0 Å². The van der Waals surface area contributed by atoms with Gasteiger partial charge in [0.2, 0.25) is 0 Å². The Balaban J connectivity index is 2.49. The minimum Gasteiger partial charge on any atom is -0.384 e. The van der Waals surface area contributed by atoms with Gasteiger partial charge in [-0.15, -0.1) is 11.3 Å². The lowest BCUT2D eigenvalue weighted by atomic mass is 10.3. The first-order valence-electron chi connectivity index (χ1n) is 4.14. The highest BCUT2D eigenvalue weighted by atomic mass is 79.9. The lowest BCUT2D eigenvalue weighted by Gasteiger charge is -1.89. The van der Waals surface area contributed by atoms with Crippen molar-refractivity contribution in [3.8, 4) is 10.6 Å². The molecule has 2 heterocycles. The molecule has 0 aromatic carbocycles. The van der Waals surface area contributed by atoms with Crippen molar-refractivity contribution in [3.05, 3.63) is 21.5 Å². The van der Waals surface area contributed by atoms with Gasteiger partial charge < -0.3 is 5.73 Å². The van der Waals surface area contributed by atoms with Crippen LogP contribution in [0.4, 0.5) is 5.82 Å². The van der Waals surface area contributed by atoms with Crippen LogP contribution in [0.5, 0.6) is 0 Å². The van der Waals surface area contributed by atoms with Crippen LogP contribution >= 0.6 is 27.3 Å². The van der Waals surface area contributed by atoms with E-state index in [0.717, 1.165) is 14.4 Å². The first-order chi connectivity index (χ1) is 6.58. The fraction of sp³-hybridized carbons (Fsp3) is 0.222. The molecule has 0 bridgehead atoms. The van der Waals surface area contributed by atoms with Gasteiger partial charge in [0, 0.05) is 13.1 Å². The third-order valence-corrected chi connectivity index (χ3v) is 4.18. The Kier molecular flexibility index (Phi) is 2.36. The second-order valence-electron chi connectivity index (χ2n) is 3.15. The molecule has 0 saturated carbocycles. The summed E-state index contributed by atoms with van der Waals surface area (Å²) in [5.74, 6) is 0.683. The monoisotopic (exact) mass is 271 g/mol. The quantitative estimate of drug-likeness (QED) is 0.867. The molecule has 0 radical (unpaired) electrons. The summed E-state index contributed by atoms with van der Waals surface area (Å²) in [6, 6.07) is 3.99. The zero-order valence-corrected chi connectivity index (χ0v) is 10.3. The number of hydrogen-bond donors (Lipinski definition) is 1. The van der Waals surface area contributed by atoms with E-state index < -0.39 is 0 Å². The number of thiophene rings is 1. The molecule has 0 unspecified atom stereocenters. The van der Waals surface area contributed by atoms with Gasteiger partial charge in [0.15, 0.2) is 0 Å². The van der Waals surface area contributed by atoms with Crippen LogP contribution in [-0.4, -0.2) is 9.78 Å². The summed E-state index contributed by atoms with van der Waals surface area (Å²) in [5.41, 5.74) is 7.88. The molecule has 14 heavy (non-hydrogen) atoms. The van der Waals surface area contributed by atoms with Crippen molar-refractivity contribution in [1.82, 2.24) is 9.78 Å². The number of hydrogen-bond acceptors (Lipinski definition) is 3. The maximum Gasteiger partial charge on any atom is 0.121 e. The Morgan fingerprint density at radius 3 is 2.64 bits per heavy atom. The molecular formula is C9H10BrN3S. The lowest BCUT2D eigenvalue weighted by molar-refractivity contribution is 0.783. The van der Waals surface area contributed by atoms with Crippen molar-refractivity contribution >= 4 is 33.1 Å². The van der Waals surface area contributed by atoms with Crippen molar-refractivity contribution in [2.75, 3.05) is 5.73 Å². The first-order valence-corrected chi connectivity index (χ1v) is 5.74. The molecule has 2 aromatic heterocycles. The highest BCUT2D eigenvalue weighted by molar-refractivity contribution is 9.11. The number of nitrogens with zero attached hydrogens (tertiary/aromatic N) is 2. The summed E-state index contributed by atoms with van der Waals surface area (Å²) in [5, 5.41) is 4.32. The Morgan fingerprint density at radius 2 is 2.21 bits per heavy atom. The van der Waals surface area contributed by atoms with Crippen LogP contribution in [0.3, 0.4) is 0 Å². The number of aromatic nitrogens is 2. The topological polar surface area (TPSA) is 43.8 Å². The minimum atomic E-state index is 0.683. The molecule has 2 N–H and O–H groups in total. The molecule has 0 aliphatic heterocycles. The van der Waals surface area contributed by atoms with E-state index in [9.17, 15) is 0 Å². The fourth-order valence-corrected chi connectivity index (χ4v) is 2.68. The highest BCUT2D eigenvalue weighted by Gasteiger charge is 2.09. The summed E-state index contributed by atoms with van der Waals surface area (Å²) in [7, 11) is 1.84. The summed E-state index contributed by atoms with van der Waals surface area (Å²) in [6.07, 6.45) is 0. The van der Waals surface area contributed by atoms with E-state index in [1.54, 1.807) is 16.0 Å². The van der Waals surface area contributed by atoms with Crippen molar-refractivity contribution in [2.45, 2.75) is 6.92 Å². The van der Waals surface area contributed by atoms with Gasteiger partial charge in [-0.2, -0.15) is 5.10 Å². The lowest BCUT2D eigenvalue weighted by Crippen LogP contribution is -1.96.